The topological polar surface area (TPSA) is 107 Å². The Morgan fingerprint density at radius 1 is 0.900 bits per heavy atom. The zero-order valence-electron chi connectivity index (χ0n) is 22.6. The first-order valence-corrected chi connectivity index (χ1v) is 13.8. The van der Waals surface area contributed by atoms with E-state index >= 15 is 0 Å². The lowest BCUT2D eigenvalue weighted by Gasteiger charge is -2.23. The van der Waals surface area contributed by atoms with Crippen LogP contribution in [0.15, 0.2) is 94.2 Å². The van der Waals surface area contributed by atoms with Crippen molar-refractivity contribution in [1.29, 1.82) is 0 Å². The third-order valence-corrected chi connectivity index (χ3v) is 6.83. The van der Waals surface area contributed by atoms with E-state index in [0.717, 1.165) is 21.4 Å². The van der Waals surface area contributed by atoms with Crippen molar-refractivity contribution in [2.24, 2.45) is 0 Å². The molecule has 0 aliphatic carbocycles. The maximum atomic E-state index is 13.2. The van der Waals surface area contributed by atoms with Gasteiger partial charge in [0.2, 0.25) is 5.91 Å². The van der Waals surface area contributed by atoms with Gasteiger partial charge in [-0.1, -0.05) is 72.8 Å². The van der Waals surface area contributed by atoms with Crippen molar-refractivity contribution >= 4 is 40.7 Å². The lowest BCUT2D eigenvalue weighted by molar-refractivity contribution is -0.145. The fourth-order valence-electron chi connectivity index (χ4n) is 3.82. The lowest BCUT2D eigenvalue weighted by atomic mass is 10.1. The molecule has 40 heavy (non-hydrogen) atoms. The highest BCUT2D eigenvalue weighted by atomic mass is 32.2. The molecule has 4 rings (SSSR count). The molecule has 8 nitrogen and oxygen atoms in total. The number of fused-ring (bicyclic) bond motifs is 1. The summed E-state index contributed by atoms with van der Waals surface area (Å²) in [4.78, 5) is 38.9. The molecule has 0 bridgehead atoms. The monoisotopic (exact) mass is 560 g/mol. The number of furan rings is 1. The summed E-state index contributed by atoms with van der Waals surface area (Å²) < 4.78 is 16.8. The van der Waals surface area contributed by atoms with Crippen LogP contribution in [0, 0.1) is 0 Å². The molecule has 0 aliphatic heterocycles. The maximum absolute atomic E-state index is 13.2. The molecular formula is C31H32N2O6S. The average Bonchev–Trinajstić information content (AvgIpc) is 3.31. The van der Waals surface area contributed by atoms with Crippen LogP contribution in [-0.4, -0.2) is 41.9 Å². The van der Waals surface area contributed by atoms with Crippen LogP contribution in [-0.2, 0) is 25.7 Å². The summed E-state index contributed by atoms with van der Waals surface area (Å²) in [6.07, 6.45) is -0.736. The standard InChI is InChI=1S/C31H32N2O6S/c1-31(2,3)39-30(36)33-24(29(35)32-18-26(34)37-19-21-12-6-4-7-13-21)20-40-28-23-16-10-11-17-25(23)38-27(28)22-14-8-5-9-15-22/h4-17,24H,18-20H2,1-3H3,(H,32,35)(H,33,36)/t24-/m0/s1. The van der Waals surface area contributed by atoms with Gasteiger partial charge < -0.3 is 24.5 Å². The second kappa shape index (κ2) is 13.2. The van der Waals surface area contributed by atoms with Crippen molar-refractivity contribution in [1.82, 2.24) is 10.6 Å². The van der Waals surface area contributed by atoms with E-state index in [1.54, 1.807) is 20.8 Å². The Morgan fingerprint density at radius 2 is 1.55 bits per heavy atom. The number of rotatable bonds is 10. The number of esters is 1. The number of hydrogen-bond acceptors (Lipinski definition) is 7. The van der Waals surface area contributed by atoms with Gasteiger partial charge >= 0.3 is 12.1 Å². The second-order valence-corrected chi connectivity index (χ2v) is 11.0. The molecule has 0 saturated heterocycles. The minimum absolute atomic E-state index is 0.0980. The number of alkyl carbamates (subject to hydrolysis) is 1. The van der Waals surface area contributed by atoms with E-state index in [-0.39, 0.29) is 18.9 Å². The van der Waals surface area contributed by atoms with Crippen molar-refractivity contribution in [2.45, 2.75) is 43.9 Å². The van der Waals surface area contributed by atoms with Gasteiger partial charge in [-0.05, 0) is 38.5 Å². The molecule has 0 radical (unpaired) electrons. The summed E-state index contributed by atoms with van der Waals surface area (Å²) in [5, 5.41) is 6.12. The first kappa shape index (κ1) is 28.8. The Morgan fingerprint density at radius 3 is 2.25 bits per heavy atom. The largest absolute Gasteiger partial charge is 0.460 e. The molecule has 0 aliphatic rings. The summed E-state index contributed by atoms with van der Waals surface area (Å²) in [7, 11) is 0. The Hall–Kier alpha value is -4.24. The van der Waals surface area contributed by atoms with Gasteiger partial charge in [0.15, 0.2) is 0 Å². The molecule has 4 aromatic rings. The van der Waals surface area contributed by atoms with E-state index in [4.69, 9.17) is 13.9 Å². The van der Waals surface area contributed by atoms with Gasteiger partial charge in [-0.15, -0.1) is 11.8 Å². The fourth-order valence-corrected chi connectivity index (χ4v) is 5.00. The normalized spacial score (nSPS) is 12.0. The van der Waals surface area contributed by atoms with Gasteiger partial charge in [-0.25, -0.2) is 4.79 Å². The summed E-state index contributed by atoms with van der Waals surface area (Å²) in [5.74, 6) is -0.294. The SMILES string of the molecule is CC(C)(C)OC(=O)N[C@@H](CSc1c(-c2ccccc2)oc2ccccc12)C(=O)NCC(=O)OCc1ccccc1. The van der Waals surface area contributed by atoms with Crippen molar-refractivity contribution in [3.05, 3.63) is 90.5 Å². The predicted octanol–water partition coefficient (Wildman–Crippen LogP) is 5.94. The van der Waals surface area contributed by atoms with E-state index in [9.17, 15) is 14.4 Å². The van der Waals surface area contributed by atoms with Gasteiger partial charge in [0, 0.05) is 16.7 Å². The van der Waals surface area contributed by atoms with Gasteiger partial charge in [0.1, 0.15) is 36.1 Å². The minimum atomic E-state index is -1.00. The van der Waals surface area contributed by atoms with Crippen molar-refractivity contribution in [2.75, 3.05) is 12.3 Å². The van der Waals surface area contributed by atoms with Crippen LogP contribution in [0.3, 0.4) is 0 Å². The summed E-state index contributed by atoms with van der Waals surface area (Å²) >= 11 is 1.38. The number of ether oxygens (including phenoxy) is 2. The molecule has 0 unspecified atom stereocenters. The van der Waals surface area contributed by atoms with E-state index in [1.165, 1.54) is 11.8 Å². The average molecular weight is 561 g/mol. The first-order valence-electron chi connectivity index (χ1n) is 12.9. The number of nitrogens with one attached hydrogen (secondary N) is 2. The molecule has 0 saturated carbocycles. The highest BCUT2D eigenvalue weighted by Crippen LogP contribution is 2.40. The van der Waals surface area contributed by atoms with Gasteiger partial charge in [-0.3, -0.25) is 9.59 Å². The molecule has 208 valence electrons. The van der Waals surface area contributed by atoms with Crippen LogP contribution in [0.25, 0.3) is 22.3 Å². The molecule has 1 atom stereocenters. The van der Waals surface area contributed by atoms with Crippen LogP contribution >= 0.6 is 11.8 Å². The molecule has 3 aromatic carbocycles. The number of carbonyl (C=O) groups excluding carboxylic acids is 3. The number of amides is 2. The number of benzene rings is 3. The third-order valence-electron chi connectivity index (χ3n) is 5.64. The zero-order valence-corrected chi connectivity index (χ0v) is 23.5. The summed E-state index contributed by atoms with van der Waals surface area (Å²) in [6, 6.07) is 25.6. The Labute approximate surface area is 237 Å². The number of para-hydroxylation sites is 1. The molecule has 2 amide bonds. The van der Waals surface area contributed by atoms with Crippen molar-refractivity contribution in [3.63, 3.8) is 0 Å². The number of carbonyl (C=O) groups is 3. The molecular weight excluding hydrogens is 528 g/mol. The van der Waals surface area contributed by atoms with Crippen LogP contribution < -0.4 is 10.6 Å². The molecule has 1 aromatic heterocycles. The third kappa shape index (κ3) is 8.13. The first-order chi connectivity index (χ1) is 19.2. The number of hydrogen-bond donors (Lipinski definition) is 2. The van der Waals surface area contributed by atoms with Gasteiger partial charge in [0.25, 0.3) is 0 Å². The lowest BCUT2D eigenvalue weighted by Crippen LogP contribution is -2.50. The van der Waals surface area contributed by atoms with Gasteiger partial charge in [-0.2, -0.15) is 0 Å². The molecule has 0 fully saturated rings. The second-order valence-electron chi connectivity index (χ2n) is 10.00. The van der Waals surface area contributed by atoms with E-state index in [0.29, 0.717) is 11.3 Å². The molecule has 9 heteroatoms. The summed E-state index contributed by atoms with van der Waals surface area (Å²) in [5.41, 5.74) is 1.69. The molecule has 2 N–H and O–H groups in total. The smallest absolute Gasteiger partial charge is 0.408 e. The van der Waals surface area contributed by atoms with Crippen molar-refractivity contribution < 1.29 is 28.3 Å². The zero-order chi connectivity index (χ0) is 28.5. The maximum Gasteiger partial charge on any atom is 0.408 e. The number of thioether (sulfide) groups is 1. The van der Waals surface area contributed by atoms with Gasteiger partial charge in [0.05, 0.1) is 4.90 Å². The minimum Gasteiger partial charge on any atom is -0.460 e. The van der Waals surface area contributed by atoms with E-state index in [1.807, 2.05) is 84.9 Å². The Bertz CT molecular complexity index is 1450. The van der Waals surface area contributed by atoms with E-state index < -0.39 is 29.6 Å². The predicted molar refractivity (Wildman–Crippen MR) is 155 cm³/mol. The molecule has 0 spiro atoms. The summed E-state index contributed by atoms with van der Waals surface area (Å²) in [6.45, 7) is 4.97. The van der Waals surface area contributed by atoms with Crippen LogP contribution in [0.2, 0.25) is 0 Å². The van der Waals surface area contributed by atoms with Crippen LogP contribution in [0.5, 0.6) is 0 Å². The Balaban J connectivity index is 1.48. The Kier molecular flexibility index (Phi) is 9.50. The quantitative estimate of drug-likeness (QED) is 0.182. The highest BCUT2D eigenvalue weighted by Gasteiger charge is 2.27. The van der Waals surface area contributed by atoms with Crippen LogP contribution in [0.4, 0.5) is 4.79 Å². The fraction of sp³-hybridized carbons (Fsp3) is 0.258. The van der Waals surface area contributed by atoms with Crippen molar-refractivity contribution in [3.8, 4) is 11.3 Å². The highest BCUT2D eigenvalue weighted by molar-refractivity contribution is 7.99. The molecule has 1 heterocycles. The van der Waals surface area contributed by atoms with Crippen LogP contribution in [0.1, 0.15) is 26.3 Å². The van der Waals surface area contributed by atoms with E-state index in [2.05, 4.69) is 10.6 Å².